The van der Waals surface area contributed by atoms with Gasteiger partial charge in [-0.15, -0.1) is 0 Å². The molecule has 6 nitrogen and oxygen atoms in total. The molecule has 8 heteroatoms. The lowest BCUT2D eigenvalue weighted by Crippen LogP contribution is -2.23. The summed E-state index contributed by atoms with van der Waals surface area (Å²) in [4.78, 5) is 19.4. The minimum absolute atomic E-state index is 0.157. The molecule has 0 bridgehead atoms. The van der Waals surface area contributed by atoms with Crippen molar-refractivity contribution in [3.63, 3.8) is 0 Å². The first-order valence-corrected chi connectivity index (χ1v) is 10.0. The number of nitrogens with zero attached hydrogens (tertiary/aromatic N) is 2. The Kier molecular flexibility index (Phi) is 5.69. The lowest BCUT2D eigenvalue weighted by molar-refractivity contribution is 0.0766. The molecule has 0 spiro atoms. The second kappa shape index (κ2) is 8.43. The number of amides is 1. The van der Waals surface area contributed by atoms with Crippen LogP contribution in [0, 0.1) is 5.82 Å². The molecule has 3 aromatic rings. The van der Waals surface area contributed by atoms with Crippen LogP contribution in [0.15, 0.2) is 42.5 Å². The Bertz CT molecular complexity index is 1150. The van der Waals surface area contributed by atoms with E-state index < -0.39 is 5.82 Å². The Balaban J connectivity index is 1.71. The van der Waals surface area contributed by atoms with E-state index in [1.54, 1.807) is 50.4 Å². The highest BCUT2D eigenvalue weighted by molar-refractivity contribution is 6.33. The zero-order chi connectivity index (χ0) is 22.1. The number of carbonyl (C=O) groups excluding carboxylic acids is 1. The molecular formula is C23H21ClFN3O3. The van der Waals surface area contributed by atoms with E-state index in [9.17, 15) is 9.18 Å². The number of aromatic nitrogens is 1. The molecule has 31 heavy (non-hydrogen) atoms. The SMILES string of the molecule is CNc1cc(-c2c(F)cccc2Cl)nc2c1C(=O)N(Cc1ccc(OC)cc1OC)C2. The second-order valence-corrected chi connectivity index (χ2v) is 7.47. The van der Waals surface area contributed by atoms with Crippen LogP contribution in [0.3, 0.4) is 0 Å². The topological polar surface area (TPSA) is 63.7 Å². The van der Waals surface area contributed by atoms with Crippen LogP contribution in [-0.4, -0.2) is 37.1 Å². The molecule has 0 atom stereocenters. The molecule has 0 aliphatic carbocycles. The number of carbonyl (C=O) groups is 1. The minimum Gasteiger partial charge on any atom is -0.497 e. The number of methoxy groups -OCH3 is 2. The van der Waals surface area contributed by atoms with Gasteiger partial charge < -0.3 is 19.7 Å². The fourth-order valence-electron chi connectivity index (χ4n) is 3.75. The van der Waals surface area contributed by atoms with Gasteiger partial charge in [0.2, 0.25) is 0 Å². The van der Waals surface area contributed by atoms with Gasteiger partial charge in [0, 0.05) is 18.7 Å². The Hall–Kier alpha value is -3.32. The molecule has 0 radical (unpaired) electrons. The molecule has 1 aliphatic rings. The summed E-state index contributed by atoms with van der Waals surface area (Å²) in [5, 5.41) is 3.30. The summed E-state index contributed by atoms with van der Waals surface area (Å²) in [6, 6.07) is 11.6. The van der Waals surface area contributed by atoms with Crippen molar-refractivity contribution in [2.24, 2.45) is 0 Å². The van der Waals surface area contributed by atoms with Gasteiger partial charge in [-0.1, -0.05) is 17.7 Å². The molecule has 0 fully saturated rings. The molecule has 160 valence electrons. The summed E-state index contributed by atoms with van der Waals surface area (Å²) >= 11 is 6.23. The largest absolute Gasteiger partial charge is 0.497 e. The van der Waals surface area contributed by atoms with E-state index in [2.05, 4.69) is 10.3 Å². The van der Waals surface area contributed by atoms with Crippen molar-refractivity contribution in [1.29, 1.82) is 0 Å². The van der Waals surface area contributed by atoms with Crippen LogP contribution in [-0.2, 0) is 13.1 Å². The summed E-state index contributed by atoms with van der Waals surface area (Å²) in [5.74, 6) is 0.674. The van der Waals surface area contributed by atoms with Gasteiger partial charge in [0.25, 0.3) is 5.91 Å². The number of hydrogen-bond acceptors (Lipinski definition) is 5. The standard InChI is InChI=1S/C23H21ClFN3O3/c1-26-17-10-18(21-15(24)5-4-6-16(21)25)27-19-12-28(23(29)22(17)19)11-13-7-8-14(30-2)9-20(13)31-3/h4-10H,11-12H2,1-3H3,(H,26,27). The number of rotatable bonds is 6. The van der Waals surface area contributed by atoms with Crippen LogP contribution in [0.2, 0.25) is 5.02 Å². The number of pyridine rings is 1. The molecular weight excluding hydrogens is 421 g/mol. The Labute approximate surface area is 184 Å². The summed E-state index contributed by atoms with van der Waals surface area (Å²) in [6.07, 6.45) is 0. The molecule has 2 aromatic carbocycles. The van der Waals surface area contributed by atoms with Gasteiger partial charge >= 0.3 is 0 Å². The zero-order valence-corrected chi connectivity index (χ0v) is 18.1. The average molecular weight is 442 g/mol. The highest BCUT2D eigenvalue weighted by atomic mass is 35.5. The number of hydrogen-bond donors (Lipinski definition) is 1. The fourth-order valence-corrected chi connectivity index (χ4v) is 4.01. The molecule has 0 unspecified atom stereocenters. The third-order valence-electron chi connectivity index (χ3n) is 5.28. The zero-order valence-electron chi connectivity index (χ0n) is 17.3. The normalized spacial score (nSPS) is 12.7. The number of ether oxygens (including phenoxy) is 2. The predicted molar refractivity (Wildman–Crippen MR) is 117 cm³/mol. The fraction of sp³-hybridized carbons (Fsp3) is 0.217. The Morgan fingerprint density at radius 3 is 2.65 bits per heavy atom. The first kappa shape index (κ1) is 20.9. The van der Waals surface area contributed by atoms with Gasteiger partial charge in [0.05, 0.1) is 60.5 Å². The van der Waals surface area contributed by atoms with E-state index >= 15 is 0 Å². The van der Waals surface area contributed by atoms with Gasteiger partial charge in [0.1, 0.15) is 17.3 Å². The Morgan fingerprint density at radius 2 is 1.97 bits per heavy atom. The number of halogens is 2. The van der Waals surface area contributed by atoms with Gasteiger partial charge in [-0.3, -0.25) is 4.79 Å². The maximum atomic E-state index is 14.5. The van der Waals surface area contributed by atoms with Gasteiger partial charge in [0.15, 0.2) is 0 Å². The first-order chi connectivity index (χ1) is 15.0. The van der Waals surface area contributed by atoms with Crippen LogP contribution >= 0.6 is 11.6 Å². The minimum atomic E-state index is -0.467. The van der Waals surface area contributed by atoms with Crippen LogP contribution in [0.25, 0.3) is 11.3 Å². The third-order valence-corrected chi connectivity index (χ3v) is 5.59. The summed E-state index contributed by atoms with van der Waals surface area (Å²) < 4.78 is 25.2. The van der Waals surface area contributed by atoms with E-state index in [0.29, 0.717) is 40.7 Å². The van der Waals surface area contributed by atoms with E-state index in [-0.39, 0.29) is 23.0 Å². The predicted octanol–water partition coefficient (Wildman–Crippen LogP) is 4.76. The quantitative estimate of drug-likeness (QED) is 0.597. The number of benzene rings is 2. The molecule has 1 aliphatic heterocycles. The number of anilines is 1. The van der Waals surface area contributed by atoms with Crippen molar-refractivity contribution in [2.75, 3.05) is 26.6 Å². The summed E-state index contributed by atoms with van der Waals surface area (Å²) in [7, 11) is 4.87. The highest BCUT2D eigenvalue weighted by Gasteiger charge is 2.33. The third kappa shape index (κ3) is 3.77. The molecule has 4 rings (SSSR count). The lowest BCUT2D eigenvalue weighted by Gasteiger charge is -2.18. The smallest absolute Gasteiger partial charge is 0.258 e. The Morgan fingerprint density at radius 1 is 1.16 bits per heavy atom. The van der Waals surface area contributed by atoms with Crippen LogP contribution in [0.1, 0.15) is 21.6 Å². The number of nitrogens with one attached hydrogen (secondary N) is 1. The summed E-state index contributed by atoms with van der Waals surface area (Å²) in [5.41, 5.74) is 3.06. The molecule has 1 amide bonds. The van der Waals surface area contributed by atoms with Crippen molar-refractivity contribution < 1.29 is 18.7 Å². The van der Waals surface area contributed by atoms with Crippen molar-refractivity contribution in [3.05, 3.63) is 70.1 Å². The van der Waals surface area contributed by atoms with E-state index in [1.807, 2.05) is 12.1 Å². The monoisotopic (exact) mass is 441 g/mol. The molecule has 1 aromatic heterocycles. The molecule has 1 N–H and O–H groups in total. The van der Waals surface area contributed by atoms with Crippen molar-refractivity contribution in [1.82, 2.24) is 9.88 Å². The van der Waals surface area contributed by atoms with E-state index in [0.717, 1.165) is 5.56 Å². The second-order valence-electron chi connectivity index (χ2n) is 7.06. The van der Waals surface area contributed by atoms with Gasteiger partial charge in [-0.25, -0.2) is 9.37 Å². The van der Waals surface area contributed by atoms with Crippen LogP contribution in [0.4, 0.5) is 10.1 Å². The van der Waals surface area contributed by atoms with Crippen LogP contribution in [0.5, 0.6) is 11.5 Å². The summed E-state index contributed by atoms with van der Waals surface area (Å²) in [6.45, 7) is 0.624. The maximum Gasteiger partial charge on any atom is 0.258 e. The molecule has 2 heterocycles. The maximum absolute atomic E-state index is 14.5. The van der Waals surface area contributed by atoms with Crippen molar-refractivity contribution in [2.45, 2.75) is 13.1 Å². The number of fused-ring (bicyclic) bond motifs is 1. The van der Waals surface area contributed by atoms with Crippen molar-refractivity contribution >= 4 is 23.2 Å². The van der Waals surface area contributed by atoms with E-state index in [4.69, 9.17) is 21.1 Å². The van der Waals surface area contributed by atoms with Gasteiger partial charge in [-0.2, -0.15) is 0 Å². The van der Waals surface area contributed by atoms with Crippen LogP contribution < -0.4 is 14.8 Å². The lowest BCUT2D eigenvalue weighted by atomic mass is 10.1. The molecule has 0 saturated carbocycles. The average Bonchev–Trinajstić information content (AvgIpc) is 3.08. The van der Waals surface area contributed by atoms with Crippen molar-refractivity contribution in [3.8, 4) is 22.8 Å². The highest BCUT2D eigenvalue weighted by Crippen LogP contribution is 2.37. The molecule has 0 saturated heterocycles. The van der Waals surface area contributed by atoms with Gasteiger partial charge in [-0.05, 0) is 30.3 Å². The first-order valence-electron chi connectivity index (χ1n) is 9.63. The van der Waals surface area contributed by atoms with E-state index in [1.165, 1.54) is 6.07 Å².